The number of benzene rings is 2. The van der Waals surface area contributed by atoms with Crippen molar-refractivity contribution in [3.8, 4) is 5.75 Å². The Balaban J connectivity index is 1.71. The lowest BCUT2D eigenvalue weighted by Crippen LogP contribution is -2.18. The van der Waals surface area contributed by atoms with Crippen LogP contribution < -0.4 is 4.74 Å². The van der Waals surface area contributed by atoms with Gasteiger partial charge in [-0.05, 0) is 30.5 Å². The van der Waals surface area contributed by atoms with E-state index >= 15 is 0 Å². The molecule has 0 radical (unpaired) electrons. The quantitative estimate of drug-likeness (QED) is 0.740. The van der Waals surface area contributed by atoms with Crippen molar-refractivity contribution in [3.05, 3.63) is 65.2 Å². The van der Waals surface area contributed by atoms with Crippen LogP contribution in [0.25, 0.3) is 0 Å². The Morgan fingerprint density at radius 2 is 2.05 bits per heavy atom. The Morgan fingerprint density at radius 3 is 2.80 bits per heavy atom. The molecule has 104 valence electrons. The first-order chi connectivity index (χ1) is 9.76. The Kier molecular flexibility index (Phi) is 3.98. The lowest BCUT2D eigenvalue weighted by atomic mass is 9.92. The summed E-state index contributed by atoms with van der Waals surface area (Å²) in [7, 11) is 0. The molecule has 2 unspecified atom stereocenters. The second-order valence-electron chi connectivity index (χ2n) is 5.55. The zero-order valence-electron chi connectivity index (χ0n) is 11.7. The molecule has 2 heteroatoms. The average molecular weight is 287 g/mol. The summed E-state index contributed by atoms with van der Waals surface area (Å²) < 4.78 is 6.03. The first-order valence-electron chi connectivity index (χ1n) is 7.13. The molecule has 1 heterocycles. The summed E-state index contributed by atoms with van der Waals surface area (Å²) in [5.41, 5.74) is 3.92. The minimum absolute atomic E-state index is 0.247. The van der Waals surface area contributed by atoms with Gasteiger partial charge in [0.1, 0.15) is 11.9 Å². The maximum Gasteiger partial charge on any atom is 0.123 e. The largest absolute Gasteiger partial charge is 0.490 e. The number of hydrogen-bond acceptors (Lipinski definition) is 1. The molecule has 2 aromatic carbocycles. The van der Waals surface area contributed by atoms with Crippen LogP contribution in [0.1, 0.15) is 29.0 Å². The summed E-state index contributed by atoms with van der Waals surface area (Å²) in [6, 6.07) is 16.9. The molecule has 1 nitrogen and oxygen atoms in total. The molecule has 0 saturated heterocycles. The molecule has 0 aliphatic carbocycles. The summed E-state index contributed by atoms with van der Waals surface area (Å²) in [4.78, 5) is 0. The minimum atomic E-state index is 0.247. The highest BCUT2D eigenvalue weighted by Gasteiger charge is 2.25. The number of para-hydroxylation sites is 1. The van der Waals surface area contributed by atoms with E-state index < -0.39 is 0 Å². The van der Waals surface area contributed by atoms with Gasteiger partial charge in [-0.1, -0.05) is 48.0 Å². The van der Waals surface area contributed by atoms with Crippen molar-refractivity contribution < 1.29 is 4.74 Å². The van der Waals surface area contributed by atoms with Crippen molar-refractivity contribution in [2.45, 2.75) is 31.8 Å². The van der Waals surface area contributed by atoms with E-state index in [-0.39, 0.29) is 6.10 Å². The summed E-state index contributed by atoms with van der Waals surface area (Å²) in [6.07, 6.45) is 2.22. The molecule has 1 aliphatic heterocycles. The zero-order valence-corrected chi connectivity index (χ0v) is 12.4. The Bertz CT molecular complexity index is 568. The lowest BCUT2D eigenvalue weighted by molar-refractivity contribution is 0.213. The molecule has 0 aromatic heterocycles. The topological polar surface area (TPSA) is 9.23 Å². The van der Waals surface area contributed by atoms with Crippen molar-refractivity contribution >= 4 is 11.6 Å². The van der Waals surface area contributed by atoms with Crippen molar-refractivity contribution in [1.29, 1.82) is 0 Å². The number of halogens is 1. The van der Waals surface area contributed by atoms with E-state index in [0.29, 0.717) is 11.8 Å². The fourth-order valence-corrected chi connectivity index (χ4v) is 3.22. The monoisotopic (exact) mass is 286 g/mol. The smallest absolute Gasteiger partial charge is 0.123 e. The van der Waals surface area contributed by atoms with E-state index in [1.54, 1.807) is 0 Å². The number of hydrogen-bond donors (Lipinski definition) is 0. The maximum absolute atomic E-state index is 6.19. The van der Waals surface area contributed by atoms with E-state index in [2.05, 4.69) is 49.4 Å². The van der Waals surface area contributed by atoms with Crippen LogP contribution in [-0.2, 0) is 6.42 Å². The van der Waals surface area contributed by atoms with E-state index in [9.17, 15) is 0 Å². The Hall–Kier alpha value is -1.47. The van der Waals surface area contributed by atoms with Gasteiger partial charge in [0.25, 0.3) is 0 Å². The van der Waals surface area contributed by atoms with Crippen LogP contribution in [0.15, 0.2) is 48.5 Å². The van der Waals surface area contributed by atoms with Crippen LogP contribution in [0.4, 0.5) is 0 Å². The molecular formula is C18H19ClO. The minimum Gasteiger partial charge on any atom is -0.490 e. The van der Waals surface area contributed by atoms with E-state index in [1.165, 1.54) is 16.7 Å². The normalized spacial score (nSPS) is 18.4. The van der Waals surface area contributed by atoms with Gasteiger partial charge in [-0.15, -0.1) is 11.6 Å². The lowest BCUT2D eigenvalue weighted by Gasteiger charge is -2.19. The van der Waals surface area contributed by atoms with Crippen LogP contribution >= 0.6 is 11.6 Å². The van der Waals surface area contributed by atoms with Crippen molar-refractivity contribution in [1.82, 2.24) is 0 Å². The van der Waals surface area contributed by atoms with Crippen molar-refractivity contribution in [3.63, 3.8) is 0 Å². The number of aryl methyl sites for hydroxylation is 1. The zero-order chi connectivity index (χ0) is 13.9. The Morgan fingerprint density at radius 1 is 1.20 bits per heavy atom. The molecule has 3 rings (SSSR count). The first kappa shape index (κ1) is 13.5. The first-order valence-corrected chi connectivity index (χ1v) is 7.67. The van der Waals surface area contributed by atoms with Crippen LogP contribution in [0, 0.1) is 6.92 Å². The van der Waals surface area contributed by atoms with Gasteiger partial charge in [0.15, 0.2) is 0 Å². The molecule has 0 amide bonds. The molecule has 0 bridgehead atoms. The summed E-state index contributed by atoms with van der Waals surface area (Å²) >= 11 is 6.19. The van der Waals surface area contributed by atoms with E-state index in [4.69, 9.17) is 16.3 Å². The maximum atomic E-state index is 6.19. The molecule has 2 aromatic rings. The molecule has 0 N–H and O–H groups in total. The molecule has 0 fully saturated rings. The summed E-state index contributed by atoms with van der Waals surface area (Å²) in [5, 5.41) is 0. The second kappa shape index (κ2) is 5.88. The van der Waals surface area contributed by atoms with Gasteiger partial charge in [-0.25, -0.2) is 0 Å². The van der Waals surface area contributed by atoms with E-state index in [0.717, 1.165) is 18.6 Å². The Labute approximate surface area is 125 Å². The molecule has 1 aliphatic rings. The number of rotatable bonds is 4. The van der Waals surface area contributed by atoms with Crippen molar-refractivity contribution in [2.75, 3.05) is 5.88 Å². The highest BCUT2D eigenvalue weighted by Crippen LogP contribution is 2.33. The van der Waals surface area contributed by atoms with Gasteiger partial charge < -0.3 is 4.74 Å². The molecular weight excluding hydrogens is 268 g/mol. The number of fused-ring (bicyclic) bond motifs is 1. The predicted octanol–water partition coefficient (Wildman–Crippen LogP) is 4.71. The predicted molar refractivity (Wildman–Crippen MR) is 83.8 cm³/mol. The van der Waals surface area contributed by atoms with Crippen LogP contribution in [0.3, 0.4) is 0 Å². The van der Waals surface area contributed by atoms with Crippen LogP contribution in [0.2, 0.25) is 0 Å². The molecule has 2 atom stereocenters. The summed E-state index contributed by atoms with van der Waals surface area (Å²) in [5.74, 6) is 2.03. The molecule has 0 saturated carbocycles. The summed E-state index contributed by atoms with van der Waals surface area (Å²) in [6.45, 7) is 2.12. The molecule has 20 heavy (non-hydrogen) atoms. The third-order valence-corrected chi connectivity index (χ3v) is 4.33. The highest BCUT2D eigenvalue weighted by molar-refractivity contribution is 6.18. The fourth-order valence-electron chi connectivity index (χ4n) is 2.91. The second-order valence-corrected chi connectivity index (χ2v) is 5.86. The standard InChI is InChI=1S/C18H19ClO/c1-13-5-4-7-14(9-13)16(12-19)11-17-10-15-6-2-3-8-18(15)20-17/h2-9,16-17H,10-12H2,1H3. The van der Waals surface area contributed by atoms with Gasteiger partial charge in [-0.2, -0.15) is 0 Å². The van der Waals surface area contributed by atoms with Gasteiger partial charge in [0.2, 0.25) is 0 Å². The average Bonchev–Trinajstić information content (AvgIpc) is 2.87. The van der Waals surface area contributed by atoms with E-state index in [1.807, 2.05) is 6.07 Å². The number of ether oxygens (including phenoxy) is 1. The third kappa shape index (κ3) is 2.83. The third-order valence-electron chi connectivity index (χ3n) is 3.96. The van der Waals surface area contributed by atoms with Crippen molar-refractivity contribution in [2.24, 2.45) is 0 Å². The molecule has 0 spiro atoms. The van der Waals surface area contributed by atoms with Gasteiger partial charge in [0, 0.05) is 18.2 Å². The van der Waals surface area contributed by atoms with Gasteiger partial charge >= 0.3 is 0 Å². The highest BCUT2D eigenvalue weighted by atomic mass is 35.5. The van der Waals surface area contributed by atoms with Crippen LogP contribution in [-0.4, -0.2) is 12.0 Å². The van der Waals surface area contributed by atoms with Gasteiger partial charge in [-0.3, -0.25) is 0 Å². The number of alkyl halides is 1. The van der Waals surface area contributed by atoms with Crippen LogP contribution in [0.5, 0.6) is 5.75 Å². The fraction of sp³-hybridized carbons (Fsp3) is 0.333. The van der Waals surface area contributed by atoms with Gasteiger partial charge in [0.05, 0.1) is 0 Å². The SMILES string of the molecule is Cc1cccc(C(CCl)CC2Cc3ccccc3O2)c1.